The van der Waals surface area contributed by atoms with E-state index in [1.807, 2.05) is 50.2 Å². The van der Waals surface area contributed by atoms with Crippen LogP contribution in [0.1, 0.15) is 31.2 Å². The summed E-state index contributed by atoms with van der Waals surface area (Å²) in [6.45, 7) is 4.39. The molecular formula is C18H20N2O2. The average Bonchev–Trinajstić information content (AvgIpc) is 2.55. The minimum absolute atomic E-state index is 0.0857. The van der Waals surface area contributed by atoms with Crippen LogP contribution in [0.4, 0.5) is 0 Å². The van der Waals surface area contributed by atoms with Crippen molar-refractivity contribution >= 4 is 6.21 Å². The molecule has 0 bridgehead atoms. The quantitative estimate of drug-likeness (QED) is 0.815. The Morgan fingerprint density at radius 3 is 2.64 bits per heavy atom. The molecule has 114 valence electrons. The maximum absolute atomic E-state index is 6.10. The molecule has 1 saturated heterocycles. The zero-order valence-electron chi connectivity index (χ0n) is 12.8. The van der Waals surface area contributed by atoms with Gasteiger partial charge in [0.2, 0.25) is 0 Å². The normalized spacial score (nSPS) is 24.5. The predicted molar refractivity (Wildman–Crippen MR) is 85.9 cm³/mol. The van der Waals surface area contributed by atoms with Gasteiger partial charge in [0.1, 0.15) is 12.1 Å². The van der Waals surface area contributed by atoms with Crippen molar-refractivity contribution < 1.29 is 9.47 Å². The molecule has 0 amide bonds. The molecule has 0 saturated carbocycles. The summed E-state index contributed by atoms with van der Waals surface area (Å²) < 4.78 is 11.9. The molecule has 4 nitrogen and oxygen atoms in total. The molecule has 0 N–H and O–H groups in total. The van der Waals surface area contributed by atoms with Crippen LogP contribution in [0, 0.1) is 0 Å². The highest BCUT2D eigenvalue weighted by atomic mass is 16.7. The average molecular weight is 296 g/mol. The van der Waals surface area contributed by atoms with Crippen LogP contribution in [0.15, 0.2) is 59.7 Å². The van der Waals surface area contributed by atoms with Gasteiger partial charge in [-0.15, -0.1) is 0 Å². The Balaban J connectivity index is 1.83. The van der Waals surface area contributed by atoms with Crippen molar-refractivity contribution in [3.8, 4) is 0 Å². The number of aliphatic imine (C=N–C) groups is 1. The van der Waals surface area contributed by atoms with Gasteiger partial charge in [-0.25, -0.2) is 0 Å². The van der Waals surface area contributed by atoms with E-state index in [4.69, 9.17) is 9.47 Å². The van der Waals surface area contributed by atoms with Crippen LogP contribution in [0.3, 0.4) is 0 Å². The van der Waals surface area contributed by atoms with E-state index in [1.54, 1.807) is 12.4 Å². The third-order valence-electron chi connectivity index (χ3n) is 3.58. The maximum atomic E-state index is 6.10. The van der Waals surface area contributed by atoms with E-state index in [0.717, 1.165) is 11.3 Å². The first-order chi connectivity index (χ1) is 10.6. The van der Waals surface area contributed by atoms with Crippen molar-refractivity contribution in [3.63, 3.8) is 0 Å². The first kappa shape index (κ1) is 14.9. The highest BCUT2D eigenvalue weighted by Crippen LogP contribution is 2.34. The smallest absolute Gasteiger partial charge is 0.163 e. The van der Waals surface area contributed by atoms with Crippen LogP contribution in [0.2, 0.25) is 0 Å². The molecular weight excluding hydrogens is 276 g/mol. The fourth-order valence-corrected chi connectivity index (χ4v) is 2.47. The number of ether oxygens (including phenoxy) is 2. The Morgan fingerprint density at radius 1 is 1.14 bits per heavy atom. The lowest BCUT2D eigenvalue weighted by atomic mass is 10.0. The van der Waals surface area contributed by atoms with Crippen molar-refractivity contribution in [1.82, 2.24) is 4.98 Å². The summed E-state index contributed by atoms with van der Waals surface area (Å²) in [5, 5.41) is 0. The van der Waals surface area contributed by atoms with Gasteiger partial charge in [0.25, 0.3) is 0 Å². The molecule has 1 fully saturated rings. The second kappa shape index (κ2) is 6.38. The van der Waals surface area contributed by atoms with E-state index >= 15 is 0 Å². The van der Waals surface area contributed by atoms with Gasteiger partial charge < -0.3 is 9.47 Å². The van der Waals surface area contributed by atoms with Crippen LogP contribution < -0.4 is 0 Å². The number of hydrogen-bond donors (Lipinski definition) is 0. The van der Waals surface area contributed by atoms with Gasteiger partial charge in [-0.3, -0.25) is 9.98 Å². The topological polar surface area (TPSA) is 43.7 Å². The maximum Gasteiger partial charge on any atom is 0.163 e. The van der Waals surface area contributed by atoms with Crippen LogP contribution in [0.5, 0.6) is 0 Å². The SMILES string of the molecule is CC1(C)OC[C@H](N=Cc2ccccn2)[C@H](c2ccccc2)O1. The van der Waals surface area contributed by atoms with Crippen LogP contribution >= 0.6 is 0 Å². The van der Waals surface area contributed by atoms with Crippen LogP contribution in [0.25, 0.3) is 0 Å². The fourth-order valence-electron chi connectivity index (χ4n) is 2.47. The summed E-state index contributed by atoms with van der Waals surface area (Å²) in [6.07, 6.45) is 3.42. The van der Waals surface area contributed by atoms with E-state index in [9.17, 15) is 0 Å². The van der Waals surface area contributed by atoms with E-state index in [1.165, 1.54) is 0 Å². The minimum Gasteiger partial charge on any atom is -0.348 e. The van der Waals surface area contributed by atoms with Gasteiger partial charge in [0.15, 0.2) is 5.79 Å². The first-order valence-electron chi connectivity index (χ1n) is 7.45. The summed E-state index contributed by atoms with van der Waals surface area (Å²) in [5.41, 5.74) is 1.95. The van der Waals surface area contributed by atoms with Gasteiger partial charge in [-0.05, 0) is 31.5 Å². The largest absolute Gasteiger partial charge is 0.348 e. The molecule has 2 heterocycles. The lowest BCUT2D eigenvalue weighted by Gasteiger charge is -2.39. The molecule has 1 aromatic heterocycles. The number of rotatable bonds is 3. The summed E-state index contributed by atoms with van der Waals surface area (Å²) in [7, 11) is 0. The van der Waals surface area contributed by atoms with Gasteiger partial charge in [0.05, 0.1) is 12.3 Å². The Morgan fingerprint density at radius 2 is 1.91 bits per heavy atom. The van der Waals surface area contributed by atoms with Crippen molar-refractivity contribution in [3.05, 3.63) is 66.0 Å². The Bertz CT molecular complexity index is 626. The van der Waals surface area contributed by atoms with Gasteiger partial charge in [-0.1, -0.05) is 36.4 Å². The molecule has 4 heteroatoms. The zero-order valence-corrected chi connectivity index (χ0v) is 12.8. The summed E-state index contributed by atoms with van der Waals surface area (Å²) in [4.78, 5) is 8.90. The molecule has 0 radical (unpaired) electrons. The third-order valence-corrected chi connectivity index (χ3v) is 3.58. The first-order valence-corrected chi connectivity index (χ1v) is 7.45. The van der Waals surface area contributed by atoms with Gasteiger partial charge >= 0.3 is 0 Å². The second-order valence-electron chi connectivity index (χ2n) is 5.76. The van der Waals surface area contributed by atoms with Crippen molar-refractivity contribution in [1.29, 1.82) is 0 Å². The lowest BCUT2D eigenvalue weighted by molar-refractivity contribution is -0.281. The molecule has 1 aromatic carbocycles. The van der Waals surface area contributed by atoms with E-state index < -0.39 is 5.79 Å². The van der Waals surface area contributed by atoms with E-state index in [0.29, 0.717) is 6.61 Å². The summed E-state index contributed by atoms with van der Waals surface area (Å²) in [6, 6.07) is 15.8. The predicted octanol–water partition coefficient (Wildman–Crippen LogP) is 3.39. The molecule has 3 rings (SSSR count). The number of nitrogens with zero attached hydrogens (tertiary/aromatic N) is 2. The highest BCUT2D eigenvalue weighted by Gasteiger charge is 2.37. The van der Waals surface area contributed by atoms with Crippen LogP contribution in [-0.4, -0.2) is 29.6 Å². The number of benzene rings is 1. The van der Waals surface area contributed by atoms with Crippen molar-refractivity contribution in [2.24, 2.45) is 4.99 Å². The molecule has 0 aliphatic carbocycles. The Hall–Kier alpha value is -2.04. The van der Waals surface area contributed by atoms with E-state index in [2.05, 4.69) is 22.1 Å². The Labute approximate surface area is 130 Å². The minimum atomic E-state index is -0.600. The molecule has 22 heavy (non-hydrogen) atoms. The Kier molecular flexibility index (Phi) is 4.32. The van der Waals surface area contributed by atoms with Gasteiger partial charge in [0, 0.05) is 12.4 Å². The number of aromatic nitrogens is 1. The number of pyridine rings is 1. The molecule has 1 aliphatic heterocycles. The molecule has 1 aliphatic rings. The molecule has 2 aromatic rings. The molecule has 0 unspecified atom stereocenters. The third kappa shape index (κ3) is 3.59. The standard InChI is InChI=1S/C18H20N2O2/c1-18(2)21-13-16(20-12-15-10-6-7-11-19-15)17(22-18)14-8-4-3-5-9-14/h3-12,16-17H,13H2,1-2H3/t16-,17-/m0/s1. The molecule has 0 spiro atoms. The second-order valence-corrected chi connectivity index (χ2v) is 5.76. The van der Waals surface area contributed by atoms with E-state index in [-0.39, 0.29) is 12.1 Å². The molecule has 2 atom stereocenters. The zero-order chi connectivity index (χ0) is 15.4. The lowest BCUT2D eigenvalue weighted by Crippen LogP contribution is -2.43. The monoisotopic (exact) mass is 296 g/mol. The van der Waals surface area contributed by atoms with Crippen LogP contribution in [-0.2, 0) is 9.47 Å². The summed E-state index contributed by atoms with van der Waals surface area (Å²) >= 11 is 0. The highest BCUT2D eigenvalue weighted by molar-refractivity contribution is 5.76. The van der Waals surface area contributed by atoms with Crippen molar-refractivity contribution in [2.45, 2.75) is 31.8 Å². The van der Waals surface area contributed by atoms with Gasteiger partial charge in [-0.2, -0.15) is 0 Å². The van der Waals surface area contributed by atoms with Crippen molar-refractivity contribution in [2.75, 3.05) is 6.61 Å². The fraction of sp³-hybridized carbons (Fsp3) is 0.333. The number of hydrogen-bond acceptors (Lipinski definition) is 4. The summed E-state index contributed by atoms with van der Waals surface area (Å²) in [5.74, 6) is -0.600.